The van der Waals surface area contributed by atoms with Gasteiger partial charge in [0.1, 0.15) is 0 Å². The van der Waals surface area contributed by atoms with Crippen molar-refractivity contribution in [1.82, 2.24) is 4.90 Å². The van der Waals surface area contributed by atoms with Crippen LogP contribution in [0.1, 0.15) is 37.7 Å². The molecule has 0 amide bonds. The Morgan fingerprint density at radius 1 is 1.33 bits per heavy atom. The van der Waals surface area contributed by atoms with Gasteiger partial charge >= 0.3 is 0 Å². The second-order valence-electron chi connectivity index (χ2n) is 5.69. The van der Waals surface area contributed by atoms with Crippen molar-refractivity contribution < 1.29 is 0 Å². The lowest BCUT2D eigenvalue weighted by Gasteiger charge is -2.27. The Labute approximate surface area is 119 Å². The molecule has 2 nitrogen and oxygen atoms in total. The Morgan fingerprint density at radius 2 is 2.06 bits per heavy atom. The highest BCUT2D eigenvalue weighted by atomic mass is 79.9. The number of hydrogen-bond donors (Lipinski definition) is 1. The van der Waals surface area contributed by atoms with Crippen molar-refractivity contribution in [2.45, 2.75) is 44.2 Å². The summed E-state index contributed by atoms with van der Waals surface area (Å²) < 4.78 is 1.15. The lowest BCUT2D eigenvalue weighted by molar-refractivity contribution is 0.273. The molecule has 1 fully saturated rings. The maximum absolute atomic E-state index is 6.39. The Hall–Kier alpha value is -0.380. The molecule has 2 rings (SSSR count). The van der Waals surface area contributed by atoms with Crippen molar-refractivity contribution >= 4 is 15.9 Å². The van der Waals surface area contributed by atoms with E-state index >= 15 is 0 Å². The summed E-state index contributed by atoms with van der Waals surface area (Å²) in [6.07, 6.45) is 6.16. The molecule has 1 aromatic carbocycles. The summed E-state index contributed by atoms with van der Waals surface area (Å²) >= 11 is 3.51. The quantitative estimate of drug-likeness (QED) is 0.901. The first kappa shape index (κ1) is 14.0. The van der Waals surface area contributed by atoms with E-state index in [0.29, 0.717) is 0 Å². The van der Waals surface area contributed by atoms with Crippen molar-refractivity contribution in [3.63, 3.8) is 0 Å². The van der Waals surface area contributed by atoms with Crippen molar-refractivity contribution in [3.05, 3.63) is 34.3 Å². The molecular weight excluding hydrogens is 288 g/mol. The van der Waals surface area contributed by atoms with E-state index in [9.17, 15) is 0 Å². The zero-order valence-electron chi connectivity index (χ0n) is 11.2. The summed E-state index contributed by atoms with van der Waals surface area (Å²) in [6, 6.07) is 8.52. The van der Waals surface area contributed by atoms with Crippen LogP contribution < -0.4 is 5.73 Å². The third-order valence-electron chi connectivity index (χ3n) is 3.93. The van der Waals surface area contributed by atoms with E-state index in [1.807, 2.05) is 0 Å². The van der Waals surface area contributed by atoms with Crippen LogP contribution in [0.2, 0.25) is 0 Å². The summed E-state index contributed by atoms with van der Waals surface area (Å²) in [4.78, 5) is 2.37. The van der Waals surface area contributed by atoms with Crippen LogP contribution in [0.4, 0.5) is 0 Å². The highest BCUT2D eigenvalue weighted by Gasteiger charge is 2.28. The Kier molecular flexibility index (Phi) is 4.82. The van der Waals surface area contributed by atoms with Gasteiger partial charge in [-0.05, 0) is 50.6 Å². The number of rotatable bonds is 5. The molecule has 100 valence electrons. The molecule has 1 aromatic rings. The van der Waals surface area contributed by atoms with Gasteiger partial charge in [0.05, 0.1) is 0 Å². The number of halogens is 1. The minimum atomic E-state index is 0.117. The van der Waals surface area contributed by atoms with Gasteiger partial charge in [0, 0.05) is 16.6 Å². The first-order chi connectivity index (χ1) is 8.57. The average molecular weight is 311 g/mol. The molecule has 0 radical (unpaired) electrons. The lowest BCUT2D eigenvalue weighted by Crippen LogP contribution is -2.39. The summed E-state index contributed by atoms with van der Waals surface area (Å²) in [5, 5.41) is 0. The van der Waals surface area contributed by atoms with Crippen molar-refractivity contribution in [2.75, 3.05) is 13.6 Å². The molecular formula is C15H23BrN2. The summed E-state index contributed by atoms with van der Waals surface area (Å²) in [5.41, 5.74) is 7.86. The van der Waals surface area contributed by atoms with Gasteiger partial charge in [-0.15, -0.1) is 0 Å². The smallest absolute Gasteiger partial charge is 0.0231 e. The molecule has 0 saturated heterocycles. The van der Waals surface area contributed by atoms with Gasteiger partial charge in [0.15, 0.2) is 0 Å². The van der Waals surface area contributed by atoms with Gasteiger partial charge in [-0.3, -0.25) is 0 Å². The van der Waals surface area contributed by atoms with Crippen molar-refractivity contribution in [3.8, 4) is 0 Å². The maximum Gasteiger partial charge on any atom is 0.0231 e. The normalized spacial score (nSPS) is 18.4. The molecule has 0 aromatic heterocycles. The fourth-order valence-electron chi connectivity index (χ4n) is 2.77. The van der Waals surface area contributed by atoms with Gasteiger partial charge in [0.25, 0.3) is 0 Å². The number of nitrogens with two attached hydrogens (primary N) is 1. The SMILES string of the molecule is CN(CCC1(N)CCCC1)Cc1cccc(Br)c1. The van der Waals surface area contributed by atoms with E-state index in [1.54, 1.807) is 0 Å². The lowest BCUT2D eigenvalue weighted by atomic mass is 9.94. The van der Waals surface area contributed by atoms with Gasteiger partial charge in [-0.25, -0.2) is 0 Å². The molecule has 0 aliphatic heterocycles. The zero-order valence-corrected chi connectivity index (χ0v) is 12.7. The Morgan fingerprint density at radius 3 is 2.72 bits per heavy atom. The van der Waals surface area contributed by atoms with E-state index in [1.165, 1.54) is 31.2 Å². The first-order valence-corrected chi connectivity index (χ1v) is 7.59. The van der Waals surface area contributed by atoms with Crippen LogP contribution in [0.5, 0.6) is 0 Å². The predicted molar refractivity (Wildman–Crippen MR) is 80.5 cm³/mol. The third-order valence-corrected chi connectivity index (χ3v) is 4.43. The topological polar surface area (TPSA) is 29.3 Å². The fourth-order valence-corrected chi connectivity index (χ4v) is 3.22. The third kappa shape index (κ3) is 4.08. The van der Waals surface area contributed by atoms with Crippen LogP contribution in [0.15, 0.2) is 28.7 Å². The maximum atomic E-state index is 6.39. The molecule has 1 aliphatic rings. The molecule has 3 heteroatoms. The Balaban J connectivity index is 1.80. The van der Waals surface area contributed by atoms with E-state index < -0.39 is 0 Å². The highest BCUT2D eigenvalue weighted by molar-refractivity contribution is 9.10. The minimum Gasteiger partial charge on any atom is -0.325 e. The molecule has 0 atom stereocenters. The highest BCUT2D eigenvalue weighted by Crippen LogP contribution is 2.30. The molecule has 18 heavy (non-hydrogen) atoms. The second-order valence-corrected chi connectivity index (χ2v) is 6.60. The second kappa shape index (κ2) is 6.18. The van der Waals surface area contributed by atoms with E-state index in [4.69, 9.17) is 5.73 Å². The monoisotopic (exact) mass is 310 g/mol. The number of benzene rings is 1. The van der Waals surface area contributed by atoms with Crippen LogP contribution in [0, 0.1) is 0 Å². The van der Waals surface area contributed by atoms with E-state index in [0.717, 1.165) is 24.0 Å². The first-order valence-electron chi connectivity index (χ1n) is 6.79. The van der Waals surface area contributed by atoms with Crippen LogP contribution >= 0.6 is 15.9 Å². The average Bonchev–Trinajstić information content (AvgIpc) is 2.74. The van der Waals surface area contributed by atoms with Crippen LogP contribution in [-0.2, 0) is 6.54 Å². The van der Waals surface area contributed by atoms with Crippen molar-refractivity contribution in [1.29, 1.82) is 0 Å². The van der Waals surface area contributed by atoms with Gasteiger partial charge < -0.3 is 10.6 Å². The molecule has 0 spiro atoms. The largest absolute Gasteiger partial charge is 0.325 e. The van der Waals surface area contributed by atoms with Crippen LogP contribution in [0.3, 0.4) is 0 Å². The van der Waals surface area contributed by atoms with Gasteiger partial charge in [-0.2, -0.15) is 0 Å². The summed E-state index contributed by atoms with van der Waals surface area (Å²) in [6.45, 7) is 2.08. The number of nitrogens with zero attached hydrogens (tertiary/aromatic N) is 1. The van der Waals surface area contributed by atoms with Crippen molar-refractivity contribution in [2.24, 2.45) is 5.73 Å². The zero-order chi connectivity index (χ0) is 13.0. The van der Waals surface area contributed by atoms with Gasteiger partial charge in [0.2, 0.25) is 0 Å². The standard InChI is InChI=1S/C15H23BrN2/c1-18(10-9-15(17)7-2-3-8-15)12-13-5-4-6-14(16)11-13/h4-6,11H,2-3,7-10,12,17H2,1H3. The molecule has 0 bridgehead atoms. The minimum absolute atomic E-state index is 0.117. The summed E-state index contributed by atoms with van der Waals surface area (Å²) in [5.74, 6) is 0. The molecule has 1 aliphatic carbocycles. The molecule has 0 heterocycles. The van der Waals surface area contributed by atoms with E-state index in [2.05, 4.69) is 52.1 Å². The molecule has 2 N–H and O–H groups in total. The predicted octanol–water partition coefficient (Wildman–Crippen LogP) is 3.54. The van der Waals surface area contributed by atoms with Crippen LogP contribution in [0.25, 0.3) is 0 Å². The molecule has 0 unspecified atom stereocenters. The van der Waals surface area contributed by atoms with Gasteiger partial charge in [-0.1, -0.05) is 40.9 Å². The number of hydrogen-bond acceptors (Lipinski definition) is 2. The Bertz CT molecular complexity index is 386. The summed E-state index contributed by atoms with van der Waals surface area (Å²) in [7, 11) is 2.18. The molecule has 1 saturated carbocycles. The van der Waals surface area contributed by atoms with Crippen LogP contribution in [-0.4, -0.2) is 24.0 Å². The van der Waals surface area contributed by atoms with E-state index in [-0.39, 0.29) is 5.54 Å². The fraction of sp³-hybridized carbons (Fsp3) is 0.600.